The number of rotatable bonds is 3. The highest BCUT2D eigenvalue weighted by Gasteiger charge is 1.79. The van der Waals surface area contributed by atoms with Gasteiger partial charge in [0.1, 0.15) is 0 Å². The molecule has 2 heteroatoms. The second-order valence-electron chi connectivity index (χ2n) is 1.98. The molecular weight excluding hydrogens is 136 g/mol. The Morgan fingerprint density at radius 2 is 2.27 bits per heavy atom. The maximum Gasteiger partial charge on any atom is 0.0960 e. The van der Waals surface area contributed by atoms with Crippen LogP contribution in [-0.4, -0.2) is 6.21 Å². The first kappa shape index (κ1) is 9.38. The molecule has 0 spiro atoms. The number of allylic oxidation sites excluding steroid dienone is 3. The Balaban J connectivity index is 4.08. The maximum atomic E-state index is 8.32. The van der Waals surface area contributed by atoms with Crippen molar-refractivity contribution in [2.24, 2.45) is 4.99 Å². The largest absolute Gasteiger partial charge is 0.263 e. The van der Waals surface area contributed by atoms with Gasteiger partial charge in [-0.2, -0.15) is 5.26 Å². The predicted octanol–water partition coefficient (Wildman–Crippen LogP) is 2.23. The third kappa shape index (κ3) is 4.86. The predicted molar refractivity (Wildman–Crippen MR) is 47.2 cm³/mol. The summed E-state index contributed by atoms with van der Waals surface area (Å²) in [5.41, 5.74) is 1.30. The SMILES string of the molecule is C=CC(=C)C=N/C=C(\C)C#N. The van der Waals surface area contributed by atoms with Crippen LogP contribution in [-0.2, 0) is 0 Å². The van der Waals surface area contributed by atoms with Crippen molar-refractivity contribution in [1.82, 2.24) is 0 Å². The van der Waals surface area contributed by atoms with Gasteiger partial charge in [-0.05, 0) is 12.5 Å². The number of hydrogen-bond donors (Lipinski definition) is 0. The molecule has 0 aliphatic carbocycles. The first-order valence-electron chi connectivity index (χ1n) is 3.12. The van der Waals surface area contributed by atoms with E-state index in [1.54, 1.807) is 19.2 Å². The molecule has 0 heterocycles. The standard InChI is InChI=1S/C9H10N2/c1-4-8(2)6-11-7-9(3)5-10/h4,6-7H,1-2H2,3H3/b9-7+,11-6?. The molecule has 0 rings (SSSR count). The fraction of sp³-hybridized carbons (Fsp3) is 0.111. The second kappa shape index (κ2) is 5.19. The number of nitriles is 1. The minimum absolute atomic E-state index is 0.568. The Labute approximate surface area is 66.9 Å². The molecule has 56 valence electrons. The Hall–Kier alpha value is -1.62. The monoisotopic (exact) mass is 146 g/mol. The first-order valence-corrected chi connectivity index (χ1v) is 3.12. The van der Waals surface area contributed by atoms with Gasteiger partial charge in [-0.1, -0.05) is 19.2 Å². The average Bonchev–Trinajstić information content (AvgIpc) is 2.04. The van der Waals surface area contributed by atoms with Gasteiger partial charge in [-0.15, -0.1) is 0 Å². The van der Waals surface area contributed by atoms with Gasteiger partial charge in [0.05, 0.1) is 6.07 Å². The van der Waals surface area contributed by atoms with Gasteiger partial charge in [0, 0.05) is 18.0 Å². The zero-order valence-electron chi connectivity index (χ0n) is 6.54. The summed E-state index contributed by atoms with van der Waals surface area (Å²) in [5, 5.41) is 8.32. The Morgan fingerprint density at radius 3 is 2.73 bits per heavy atom. The van der Waals surface area contributed by atoms with Crippen molar-refractivity contribution in [2.45, 2.75) is 6.92 Å². The molecule has 0 aromatic heterocycles. The molecule has 0 radical (unpaired) electrons. The maximum absolute atomic E-state index is 8.32. The van der Waals surface area contributed by atoms with Crippen LogP contribution in [0.5, 0.6) is 0 Å². The van der Waals surface area contributed by atoms with E-state index in [1.807, 2.05) is 6.07 Å². The molecule has 0 fully saturated rings. The lowest BCUT2D eigenvalue weighted by atomic mass is 10.3. The van der Waals surface area contributed by atoms with E-state index in [0.717, 1.165) is 5.57 Å². The summed E-state index contributed by atoms with van der Waals surface area (Å²) in [5.74, 6) is 0. The molecular formula is C9H10N2. The van der Waals surface area contributed by atoms with Crippen molar-refractivity contribution in [3.8, 4) is 6.07 Å². The van der Waals surface area contributed by atoms with Crippen molar-refractivity contribution in [3.63, 3.8) is 0 Å². The van der Waals surface area contributed by atoms with E-state index < -0.39 is 0 Å². The Kier molecular flexibility index (Phi) is 4.42. The van der Waals surface area contributed by atoms with Crippen LogP contribution in [0.15, 0.2) is 41.6 Å². The van der Waals surface area contributed by atoms with Gasteiger partial charge in [-0.25, -0.2) is 0 Å². The topological polar surface area (TPSA) is 36.1 Å². The van der Waals surface area contributed by atoms with E-state index in [4.69, 9.17) is 5.26 Å². The van der Waals surface area contributed by atoms with E-state index in [9.17, 15) is 0 Å². The molecule has 11 heavy (non-hydrogen) atoms. The van der Waals surface area contributed by atoms with Crippen LogP contribution in [0.1, 0.15) is 6.92 Å². The van der Waals surface area contributed by atoms with Crippen molar-refractivity contribution < 1.29 is 0 Å². The van der Waals surface area contributed by atoms with Crippen molar-refractivity contribution in [3.05, 3.63) is 36.6 Å². The van der Waals surface area contributed by atoms with E-state index >= 15 is 0 Å². The normalized spacial score (nSPS) is 11.1. The minimum Gasteiger partial charge on any atom is -0.263 e. The fourth-order valence-electron chi connectivity index (χ4n) is 0.326. The third-order valence-electron chi connectivity index (χ3n) is 0.947. The molecule has 0 atom stereocenters. The molecule has 0 bridgehead atoms. The van der Waals surface area contributed by atoms with Gasteiger partial charge in [0.25, 0.3) is 0 Å². The molecule has 0 N–H and O–H groups in total. The summed E-state index contributed by atoms with van der Waals surface area (Å²) in [7, 11) is 0. The number of hydrogen-bond acceptors (Lipinski definition) is 2. The lowest BCUT2D eigenvalue weighted by molar-refractivity contribution is 1.40. The molecule has 0 aliphatic heterocycles. The Morgan fingerprint density at radius 1 is 1.64 bits per heavy atom. The molecule has 0 aliphatic rings. The van der Waals surface area contributed by atoms with Crippen LogP contribution in [0, 0.1) is 11.3 Å². The summed E-state index contributed by atoms with van der Waals surface area (Å²) in [6.07, 6.45) is 4.63. The van der Waals surface area contributed by atoms with Crippen LogP contribution in [0.2, 0.25) is 0 Å². The lowest BCUT2D eigenvalue weighted by Gasteiger charge is -1.83. The number of aliphatic imine (C=N–C) groups is 1. The van der Waals surface area contributed by atoms with Gasteiger partial charge in [0.15, 0.2) is 0 Å². The van der Waals surface area contributed by atoms with Crippen LogP contribution >= 0.6 is 0 Å². The smallest absolute Gasteiger partial charge is 0.0960 e. The van der Waals surface area contributed by atoms with E-state index in [-0.39, 0.29) is 0 Å². The average molecular weight is 146 g/mol. The van der Waals surface area contributed by atoms with Crippen molar-refractivity contribution >= 4 is 6.21 Å². The third-order valence-corrected chi connectivity index (χ3v) is 0.947. The quantitative estimate of drug-likeness (QED) is 0.341. The molecule has 0 aromatic carbocycles. The van der Waals surface area contributed by atoms with Crippen molar-refractivity contribution in [1.29, 1.82) is 5.26 Å². The highest BCUT2D eigenvalue weighted by Crippen LogP contribution is 1.90. The summed E-state index contributed by atoms with van der Waals surface area (Å²) in [6.45, 7) is 8.81. The lowest BCUT2D eigenvalue weighted by Crippen LogP contribution is -1.73. The van der Waals surface area contributed by atoms with E-state index in [0.29, 0.717) is 5.57 Å². The van der Waals surface area contributed by atoms with E-state index in [2.05, 4.69) is 18.2 Å². The molecule has 0 amide bonds. The highest BCUT2D eigenvalue weighted by atomic mass is 14.7. The van der Waals surface area contributed by atoms with Gasteiger partial charge >= 0.3 is 0 Å². The zero-order chi connectivity index (χ0) is 8.69. The van der Waals surface area contributed by atoms with E-state index in [1.165, 1.54) is 6.20 Å². The molecule has 0 unspecified atom stereocenters. The first-order chi connectivity index (χ1) is 5.20. The molecule has 0 saturated heterocycles. The summed E-state index contributed by atoms with van der Waals surface area (Å²) in [4.78, 5) is 3.83. The molecule has 0 saturated carbocycles. The second-order valence-corrected chi connectivity index (χ2v) is 1.98. The number of nitrogens with zero attached hydrogens (tertiary/aromatic N) is 2. The molecule has 2 nitrogen and oxygen atoms in total. The van der Waals surface area contributed by atoms with Crippen LogP contribution in [0.3, 0.4) is 0 Å². The van der Waals surface area contributed by atoms with Gasteiger partial charge in [-0.3, -0.25) is 4.99 Å². The van der Waals surface area contributed by atoms with Crippen LogP contribution in [0.25, 0.3) is 0 Å². The highest BCUT2D eigenvalue weighted by molar-refractivity contribution is 5.81. The zero-order valence-corrected chi connectivity index (χ0v) is 6.54. The molecule has 0 aromatic rings. The summed E-state index contributed by atoms with van der Waals surface area (Å²) < 4.78 is 0. The summed E-state index contributed by atoms with van der Waals surface area (Å²) in [6, 6.07) is 1.95. The van der Waals surface area contributed by atoms with Crippen LogP contribution in [0.4, 0.5) is 0 Å². The fourth-order valence-corrected chi connectivity index (χ4v) is 0.326. The van der Waals surface area contributed by atoms with Gasteiger partial charge in [0.2, 0.25) is 0 Å². The Bertz CT molecular complexity index is 251. The minimum atomic E-state index is 0.568. The van der Waals surface area contributed by atoms with Crippen LogP contribution < -0.4 is 0 Å². The van der Waals surface area contributed by atoms with Crippen molar-refractivity contribution in [2.75, 3.05) is 0 Å². The van der Waals surface area contributed by atoms with Gasteiger partial charge < -0.3 is 0 Å². The summed E-state index contributed by atoms with van der Waals surface area (Å²) >= 11 is 0.